The van der Waals surface area contributed by atoms with Gasteiger partial charge in [-0.3, -0.25) is 9.59 Å². The van der Waals surface area contributed by atoms with Crippen LogP contribution in [0.25, 0.3) is 0 Å². The maximum absolute atomic E-state index is 12.8. The molecule has 0 N–H and O–H groups in total. The second-order valence-corrected chi connectivity index (χ2v) is 7.88. The van der Waals surface area contributed by atoms with Crippen molar-refractivity contribution in [2.75, 3.05) is 0 Å². The fourth-order valence-electron chi connectivity index (χ4n) is 4.76. The lowest BCUT2D eigenvalue weighted by Crippen LogP contribution is -2.50. The number of esters is 2. The maximum Gasteiger partial charge on any atom is 0.333 e. The topological polar surface area (TPSA) is 69.7 Å². The van der Waals surface area contributed by atoms with Gasteiger partial charge in [0.2, 0.25) is 0 Å². The van der Waals surface area contributed by atoms with Crippen LogP contribution in [0.15, 0.2) is 23.8 Å². The van der Waals surface area contributed by atoms with Crippen LogP contribution in [0.5, 0.6) is 0 Å². The van der Waals surface area contributed by atoms with Gasteiger partial charge in [0.05, 0.1) is 11.3 Å². The Kier molecular flexibility index (Phi) is 4.38. The van der Waals surface area contributed by atoms with Crippen LogP contribution in [-0.2, 0) is 23.9 Å². The smallest absolute Gasteiger partial charge is 0.333 e. The lowest BCUT2D eigenvalue weighted by Gasteiger charge is -2.40. The molecule has 3 aliphatic rings. The highest BCUT2D eigenvalue weighted by Gasteiger charge is 2.62. The minimum Gasteiger partial charge on any atom is -0.462 e. The number of carbonyl (C=O) groups is 3. The van der Waals surface area contributed by atoms with E-state index in [1.54, 1.807) is 32.9 Å². The van der Waals surface area contributed by atoms with Gasteiger partial charge in [-0.1, -0.05) is 26.0 Å². The number of rotatable bonds is 2. The van der Waals surface area contributed by atoms with E-state index in [-0.39, 0.29) is 35.6 Å². The van der Waals surface area contributed by atoms with E-state index in [0.29, 0.717) is 12.0 Å². The summed E-state index contributed by atoms with van der Waals surface area (Å²) >= 11 is 0. The van der Waals surface area contributed by atoms with Crippen LogP contribution in [0, 0.1) is 29.1 Å². The van der Waals surface area contributed by atoms with Crippen LogP contribution < -0.4 is 0 Å². The quantitative estimate of drug-likeness (QED) is 0.568. The molecule has 2 aliphatic carbocycles. The number of allylic oxidation sites excluding steroid dienone is 3. The van der Waals surface area contributed by atoms with Gasteiger partial charge in [-0.05, 0) is 45.1 Å². The molecule has 3 rings (SSSR count). The molecule has 1 saturated heterocycles. The molecule has 1 heterocycles. The van der Waals surface area contributed by atoms with Gasteiger partial charge in [0.25, 0.3) is 0 Å². The first-order valence-corrected chi connectivity index (χ1v) is 8.98. The molecular formula is C20H26O5. The third-order valence-electron chi connectivity index (χ3n) is 6.47. The van der Waals surface area contributed by atoms with Crippen LogP contribution in [0.4, 0.5) is 0 Å². The highest BCUT2D eigenvalue weighted by atomic mass is 16.6. The summed E-state index contributed by atoms with van der Waals surface area (Å²) in [4.78, 5) is 37.5. The van der Waals surface area contributed by atoms with Crippen molar-refractivity contribution in [1.29, 1.82) is 0 Å². The minimum absolute atomic E-state index is 0.0276. The lowest BCUT2D eigenvalue weighted by molar-refractivity contribution is -0.163. The van der Waals surface area contributed by atoms with Crippen molar-refractivity contribution in [3.05, 3.63) is 23.8 Å². The van der Waals surface area contributed by atoms with Crippen LogP contribution in [-0.4, -0.2) is 29.9 Å². The second-order valence-electron chi connectivity index (χ2n) is 7.88. The van der Waals surface area contributed by atoms with Crippen molar-refractivity contribution in [1.82, 2.24) is 0 Å². The molecule has 25 heavy (non-hydrogen) atoms. The Morgan fingerprint density at radius 3 is 2.68 bits per heavy atom. The molecule has 0 aromatic rings. The number of ether oxygens (including phenoxy) is 2. The highest BCUT2D eigenvalue weighted by molar-refractivity contribution is 5.99. The first kappa shape index (κ1) is 17.9. The van der Waals surface area contributed by atoms with Crippen LogP contribution >= 0.6 is 0 Å². The largest absolute Gasteiger partial charge is 0.462 e. The van der Waals surface area contributed by atoms with Crippen molar-refractivity contribution in [3.63, 3.8) is 0 Å². The molecule has 0 aromatic carbocycles. The first-order valence-electron chi connectivity index (χ1n) is 8.98. The zero-order valence-corrected chi connectivity index (χ0v) is 15.4. The fraction of sp³-hybridized carbons (Fsp3) is 0.650. The average Bonchev–Trinajstić information content (AvgIpc) is 2.99. The molecule has 1 unspecified atom stereocenters. The molecule has 136 valence electrons. The Balaban J connectivity index is 2.07. The van der Waals surface area contributed by atoms with E-state index < -0.39 is 23.4 Å². The van der Waals surface area contributed by atoms with Crippen molar-refractivity contribution in [2.24, 2.45) is 29.1 Å². The molecule has 0 spiro atoms. The number of fused-ring (bicyclic) bond motifs is 2. The summed E-state index contributed by atoms with van der Waals surface area (Å²) in [6.45, 7) is 9.20. The molecular weight excluding hydrogens is 320 g/mol. The minimum atomic E-state index is -0.856. The molecule has 1 saturated carbocycles. The monoisotopic (exact) mass is 346 g/mol. The summed E-state index contributed by atoms with van der Waals surface area (Å²) in [6.07, 6.45) is 4.91. The number of ketones is 1. The van der Waals surface area contributed by atoms with E-state index in [4.69, 9.17) is 9.47 Å². The van der Waals surface area contributed by atoms with Gasteiger partial charge < -0.3 is 9.47 Å². The van der Waals surface area contributed by atoms with Gasteiger partial charge in [-0.2, -0.15) is 0 Å². The van der Waals surface area contributed by atoms with Gasteiger partial charge in [-0.25, -0.2) is 4.79 Å². The summed E-state index contributed by atoms with van der Waals surface area (Å²) in [6, 6.07) is 0. The summed E-state index contributed by atoms with van der Waals surface area (Å²) in [5.41, 5.74) is -0.365. The summed E-state index contributed by atoms with van der Waals surface area (Å²) in [5, 5.41) is 0. The molecule has 7 atom stereocenters. The molecule has 0 bridgehead atoms. The molecule has 0 aromatic heterocycles. The third kappa shape index (κ3) is 2.55. The predicted molar refractivity (Wildman–Crippen MR) is 91.4 cm³/mol. The highest BCUT2D eigenvalue weighted by Crippen LogP contribution is 2.54. The molecule has 0 amide bonds. The van der Waals surface area contributed by atoms with Gasteiger partial charge in [-0.15, -0.1) is 0 Å². The fourth-order valence-corrected chi connectivity index (χ4v) is 4.76. The second kappa shape index (κ2) is 6.11. The van der Waals surface area contributed by atoms with Crippen molar-refractivity contribution in [3.8, 4) is 0 Å². The predicted octanol–water partition coefficient (Wildman–Crippen LogP) is 2.84. The van der Waals surface area contributed by atoms with E-state index in [9.17, 15) is 14.4 Å². The molecule has 0 radical (unpaired) electrons. The van der Waals surface area contributed by atoms with Crippen LogP contribution in [0.1, 0.15) is 41.0 Å². The third-order valence-corrected chi connectivity index (χ3v) is 6.47. The van der Waals surface area contributed by atoms with Gasteiger partial charge in [0.1, 0.15) is 12.2 Å². The summed E-state index contributed by atoms with van der Waals surface area (Å²) in [5.74, 6) is -1.32. The Hall–Kier alpha value is -1.91. The Labute approximate surface area is 148 Å². The van der Waals surface area contributed by atoms with Crippen molar-refractivity contribution in [2.45, 2.75) is 53.2 Å². The van der Waals surface area contributed by atoms with E-state index >= 15 is 0 Å². The van der Waals surface area contributed by atoms with E-state index in [0.717, 1.165) is 0 Å². The lowest BCUT2D eigenvalue weighted by atomic mass is 9.66. The van der Waals surface area contributed by atoms with Gasteiger partial charge in [0, 0.05) is 11.5 Å². The Morgan fingerprint density at radius 2 is 2.04 bits per heavy atom. The molecule has 1 aliphatic heterocycles. The number of hydrogen-bond donors (Lipinski definition) is 0. The van der Waals surface area contributed by atoms with Gasteiger partial charge in [0.15, 0.2) is 5.78 Å². The standard InChI is InChI=1S/C20H26O5/c1-6-10(2)18(22)25-17-16-12(4)19(23)24-14(16)9-11(3)13-7-8-15(21)20(13,17)5/h6-8,11-14,16-17H,9H2,1-5H3/b10-6+/t11-,12?,13+,14-,16-,17-,20+/m1/s1. The zero-order chi connectivity index (χ0) is 18.5. The van der Waals surface area contributed by atoms with Crippen LogP contribution in [0.3, 0.4) is 0 Å². The number of hydrogen-bond acceptors (Lipinski definition) is 5. The maximum atomic E-state index is 12.8. The van der Waals surface area contributed by atoms with Crippen molar-refractivity contribution >= 4 is 17.7 Å². The molecule has 5 nitrogen and oxygen atoms in total. The Bertz CT molecular complexity index is 676. The Morgan fingerprint density at radius 1 is 1.36 bits per heavy atom. The van der Waals surface area contributed by atoms with Crippen molar-refractivity contribution < 1.29 is 23.9 Å². The van der Waals surface area contributed by atoms with Crippen LogP contribution in [0.2, 0.25) is 0 Å². The van der Waals surface area contributed by atoms with E-state index in [1.807, 2.05) is 13.0 Å². The normalized spacial score (nSPS) is 43.3. The molecule has 5 heteroatoms. The van der Waals surface area contributed by atoms with Gasteiger partial charge >= 0.3 is 11.9 Å². The van der Waals surface area contributed by atoms with E-state index in [2.05, 4.69) is 6.92 Å². The average molecular weight is 346 g/mol. The van der Waals surface area contributed by atoms with E-state index in [1.165, 1.54) is 0 Å². The SMILES string of the molecule is C/C=C(\C)C(=O)O[C@@H]1[C@@H]2C(C)C(=O)O[C@@H]2C[C@@H](C)[C@@H]2C=CC(=O)[C@@]12C. The summed E-state index contributed by atoms with van der Waals surface area (Å²) in [7, 11) is 0. The molecule has 2 fully saturated rings. The first-order chi connectivity index (χ1) is 11.7. The number of carbonyl (C=O) groups excluding carboxylic acids is 3. The summed E-state index contributed by atoms with van der Waals surface area (Å²) < 4.78 is 11.5. The zero-order valence-electron chi connectivity index (χ0n) is 15.4.